The second kappa shape index (κ2) is 9.92. The minimum absolute atomic E-state index is 0.218. The predicted molar refractivity (Wildman–Crippen MR) is 111 cm³/mol. The second-order valence-electron chi connectivity index (χ2n) is 6.24. The highest BCUT2D eigenvalue weighted by atomic mass is 32.3. The highest BCUT2D eigenvalue weighted by molar-refractivity contribution is 7.82. The van der Waals surface area contributed by atoms with E-state index in [1.54, 1.807) is 24.3 Å². The molecular formula is C20H16F2O9S2. The Labute approximate surface area is 188 Å². The van der Waals surface area contributed by atoms with E-state index in [4.69, 9.17) is 14.2 Å². The number of halogens is 2. The summed E-state index contributed by atoms with van der Waals surface area (Å²) >= 11 is 0. The first kappa shape index (κ1) is 24.1. The van der Waals surface area contributed by atoms with E-state index in [1.165, 1.54) is 55.6 Å². The Hall–Kier alpha value is -3.58. The molecule has 3 aromatic rings. The standard InChI is InChI=1S/C20H16F2O9S2/c1-27-19-4-2-3-14(13-19)20(28-15-5-9-17(10-6-15)30-32(21,23)24)29-16-7-11-18(12-8-16)31-33(22,25)26/h2-13,20H,1H3. The van der Waals surface area contributed by atoms with Gasteiger partial charge in [-0.1, -0.05) is 19.9 Å². The Kier molecular flexibility index (Phi) is 7.23. The van der Waals surface area contributed by atoms with Crippen molar-refractivity contribution in [3.8, 4) is 28.7 Å². The third-order valence-electron chi connectivity index (χ3n) is 3.89. The maximum absolute atomic E-state index is 12.7. The summed E-state index contributed by atoms with van der Waals surface area (Å²) in [5, 5.41) is 0. The van der Waals surface area contributed by atoms with Crippen LogP contribution in [0.1, 0.15) is 11.9 Å². The monoisotopic (exact) mass is 502 g/mol. The number of ether oxygens (including phenoxy) is 3. The molecule has 0 amide bonds. The van der Waals surface area contributed by atoms with Gasteiger partial charge in [-0.15, -0.1) is 0 Å². The van der Waals surface area contributed by atoms with E-state index < -0.39 is 27.3 Å². The molecule has 9 nitrogen and oxygen atoms in total. The molecule has 0 aliphatic carbocycles. The van der Waals surface area contributed by atoms with Crippen LogP contribution in [0.2, 0.25) is 0 Å². The van der Waals surface area contributed by atoms with Crippen molar-refractivity contribution < 1.29 is 47.2 Å². The largest absolute Gasteiger partial charge is 0.497 e. The molecule has 3 aromatic carbocycles. The normalized spacial score (nSPS) is 11.6. The van der Waals surface area contributed by atoms with Crippen LogP contribution in [0.3, 0.4) is 0 Å². The number of benzene rings is 3. The molecule has 0 aliphatic heterocycles. The molecule has 0 saturated carbocycles. The van der Waals surface area contributed by atoms with Gasteiger partial charge in [0.2, 0.25) is 0 Å². The quantitative estimate of drug-likeness (QED) is 0.299. The zero-order chi connectivity index (χ0) is 24.1. The minimum atomic E-state index is -5.17. The fourth-order valence-corrected chi connectivity index (χ4v) is 3.25. The van der Waals surface area contributed by atoms with Crippen LogP contribution in [0, 0.1) is 0 Å². The molecule has 0 heterocycles. The van der Waals surface area contributed by atoms with Gasteiger partial charge in [-0.05, 0) is 60.7 Å². The van der Waals surface area contributed by atoms with Crippen molar-refractivity contribution in [2.24, 2.45) is 0 Å². The fraction of sp³-hybridized carbons (Fsp3) is 0.100. The molecule has 0 N–H and O–H groups in total. The van der Waals surface area contributed by atoms with E-state index in [0.29, 0.717) is 11.3 Å². The van der Waals surface area contributed by atoms with Crippen molar-refractivity contribution in [2.75, 3.05) is 7.11 Å². The summed E-state index contributed by atoms with van der Waals surface area (Å²) in [7, 11) is -8.86. The van der Waals surface area contributed by atoms with Gasteiger partial charge in [0.1, 0.15) is 28.7 Å². The van der Waals surface area contributed by atoms with Gasteiger partial charge >= 0.3 is 21.0 Å². The van der Waals surface area contributed by atoms with Crippen molar-refractivity contribution in [1.82, 2.24) is 0 Å². The van der Waals surface area contributed by atoms with Gasteiger partial charge in [-0.3, -0.25) is 0 Å². The zero-order valence-electron chi connectivity index (χ0n) is 16.8. The maximum Gasteiger partial charge on any atom is 0.488 e. The lowest BCUT2D eigenvalue weighted by molar-refractivity contribution is 0.00361. The molecule has 0 aliphatic rings. The molecule has 0 saturated heterocycles. The Morgan fingerprint density at radius 3 is 1.45 bits per heavy atom. The van der Waals surface area contributed by atoms with Crippen molar-refractivity contribution in [3.63, 3.8) is 0 Å². The number of methoxy groups -OCH3 is 1. The highest BCUT2D eigenvalue weighted by Gasteiger charge is 2.18. The first-order chi connectivity index (χ1) is 15.5. The lowest BCUT2D eigenvalue weighted by Gasteiger charge is -2.21. The predicted octanol–water partition coefficient (Wildman–Crippen LogP) is 4.04. The van der Waals surface area contributed by atoms with Crippen LogP contribution in [0.15, 0.2) is 72.8 Å². The van der Waals surface area contributed by atoms with Crippen molar-refractivity contribution in [3.05, 3.63) is 78.4 Å². The summed E-state index contributed by atoms with van der Waals surface area (Å²) in [5.74, 6) is 0.424. The van der Waals surface area contributed by atoms with Gasteiger partial charge in [-0.25, -0.2) is 0 Å². The molecule has 0 aromatic heterocycles. The highest BCUT2D eigenvalue weighted by Crippen LogP contribution is 2.30. The van der Waals surface area contributed by atoms with Crippen molar-refractivity contribution in [1.29, 1.82) is 0 Å². The minimum Gasteiger partial charge on any atom is -0.497 e. The smallest absolute Gasteiger partial charge is 0.488 e. The fourth-order valence-electron chi connectivity index (χ4n) is 2.57. The van der Waals surface area contributed by atoms with E-state index in [1.807, 2.05) is 0 Å². The number of hydrogen-bond acceptors (Lipinski definition) is 9. The Balaban J connectivity index is 1.84. The molecule has 13 heteroatoms. The Bertz CT molecular complexity index is 1210. The van der Waals surface area contributed by atoms with E-state index >= 15 is 0 Å². The first-order valence-corrected chi connectivity index (χ1v) is 11.6. The molecule has 0 fully saturated rings. The molecule has 3 rings (SSSR count). The number of rotatable bonds is 10. The van der Waals surface area contributed by atoms with Gasteiger partial charge < -0.3 is 22.6 Å². The van der Waals surface area contributed by atoms with Crippen LogP contribution in [0.5, 0.6) is 28.7 Å². The summed E-state index contributed by atoms with van der Waals surface area (Å²) in [6.07, 6.45) is -1.06. The molecule has 33 heavy (non-hydrogen) atoms. The second-order valence-corrected chi connectivity index (χ2v) is 8.15. The van der Waals surface area contributed by atoms with Crippen LogP contribution in [-0.2, 0) is 21.0 Å². The van der Waals surface area contributed by atoms with Crippen LogP contribution in [0.25, 0.3) is 0 Å². The van der Waals surface area contributed by atoms with E-state index in [0.717, 1.165) is 0 Å². The summed E-state index contributed by atoms with van der Waals surface area (Å²) in [6.45, 7) is 0. The van der Waals surface area contributed by atoms with E-state index in [9.17, 15) is 24.6 Å². The topological polar surface area (TPSA) is 114 Å². The van der Waals surface area contributed by atoms with Gasteiger partial charge in [0.05, 0.1) is 7.11 Å². The molecule has 0 spiro atoms. The molecular weight excluding hydrogens is 486 g/mol. The number of hydrogen-bond donors (Lipinski definition) is 0. The average Bonchev–Trinajstić information content (AvgIpc) is 2.74. The SMILES string of the molecule is COc1cccc(C(Oc2ccc(OS(=O)(=O)F)cc2)Oc2ccc(OS(=O)(=O)F)cc2)c1. The molecule has 0 atom stereocenters. The molecule has 0 radical (unpaired) electrons. The van der Waals surface area contributed by atoms with Gasteiger partial charge in [-0.2, -0.15) is 16.8 Å². The lowest BCUT2D eigenvalue weighted by Crippen LogP contribution is -2.15. The van der Waals surface area contributed by atoms with Crippen LogP contribution in [-0.4, -0.2) is 23.9 Å². The van der Waals surface area contributed by atoms with Gasteiger partial charge in [0.25, 0.3) is 6.29 Å². The maximum atomic E-state index is 12.7. The molecule has 0 unspecified atom stereocenters. The lowest BCUT2D eigenvalue weighted by atomic mass is 10.2. The summed E-state index contributed by atoms with van der Waals surface area (Å²) in [6, 6.07) is 16.8. The van der Waals surface area contributed by atoms with Crippen LogP contribution < -0.4 is 22.6 Å². The van der Waals surface area contributed by atoms with Crippen molar-refractivity contribution >= 4 is 21.0 Å². The molecule has 176 valence electrons. The average molecular weight is 502 g/mol. The Morgan fingerprint density at radius 2 is 1.06 bits per heavy atom. The zero-order valence-corrected chi connectivity index (χ0v) is 18.4. The van der Waals surface area contributed by atoms with E-state index in [-0.39, 0.29) is 23.0 Å². The van der Waals surface area contributed by atoms with E-state index in [2.05, 4.69) is 8.37 Å². The van der Waals surface area contributed by atoms with Crippen LogP contribution >= 0.6 is 0 Å². The third-order valence-corrected chi connectivity index (χ3v) is 4.67. The van der Waals surface area contributed by atoms with Crippen LogP contribution in [0.4, 0.5) is 7.77 Å². The first-order valence-electron chi connectivity index (χ1n) is 8.96. The summed E-state index contributed by atoms with van der Waals surface area (Å²) < 4.78 is 92.9. The molecule has 0 bridgehead atoms. The Morgan fingerprint density at radius 1 is 0.636 bits per heavy atom. The summed E-state index contributed by atoms with van der Waals surface area (Å²) in [5.41, 5.74) is 0.521. The summed E-state index contributed by atoms with van der Waals surface area (Å²) in [4.78, 5) is 0. The van der Waals surface area contributed by atoms with Crippen molar-refractivity contribution in [2.45, 2.75) is 6.29 Å². The van der Waals surface area contributed by atoms with Gasteiger partial charge in [0.15, 0.2) is 0 Å². The van der Waals surface area contributed by atoms with Gasteiger partial charge in [0, 0.05) is 5.56 Å². The third kappa shape index (κ3) is 7.80.